The summed E-state index contributed by atoms with van der Waals surface area (Å²) in [6, 6.07) is 53.4. The van der Waals surface area contributed by atoms with E-state index in [9.17, 15) is 0 Å². The first-order chi connectivity index (χ1) is 59.3. The summed E-state index contributed by atoms with van der Waals surface area (Å²) in [6.07, 6.45) is 14.0. The zero-order chi connectivity index (χ0) is 83.9. The minimum absolute atomic E-state index is 0.586. The first-order valence-electron chi connectivity index (χ1n) is 43.2. The minimum atomic E-state index is 0.586. The molecule has 0 bridgehead atoms. The average Bonchev–Trinajstić information content (AvgIpc) is 1.84. The molecule has 10 aromatic rings. The van der Waals surface area contributed by atoms with E-state index in [4.69, 9.17) is 27.7 Å². The van der Waals surface area contributed by atoms with Crippen molar-refractivity contribution in [2.75, 3.05) is 192 Å². The van der Waals surface area contributed by atoms with Crippen molar-refractivity contribution < 1.29 is 0 Å². The smallest absolute Gasteiger partial charge is 0.141 e. The fourth-order valence-electron chi connectivity index (χ4n) is 15.9. The highest BCUT2D eigenvalue weighted by molar-refractivity contribution is 8.00. The SMILES string of the molecule is CCCCCN1CCSc2cc(CC(=N)c3cccs3)ccc21.CCNCCN1CCSc2ccc(N=C(N)c3cccs3)cc21.CN(C)CCCN1CCSc2cc(CC(=N)c3cccs3)ccc21.N=C(Cc1ccc2c(c1)SCCN2CCCN1CCCC1)c1cccs1.NC(=Nc1ccc2c(c1)N(CCN1CCCC1)CCS2)c1cccs1. The Morgan fingerprint density at radius 2 is 0.736 bits per heavy atom. The average molecular weight is 1810 g/mol. The van der Waals surface area contributed by atoms with Gasteiger partial charge in [-0.2, -0.15) is 0 Å². The molecule has 0 atom stereocenters. The normalized spacial score (nSPS) is 15.8. The lowest BCUT2D eigenvalue weighted by molar-refractivity contribution is 0.334. The predicted molar refractivity (Wildman–Crippen MR) is 538 cm³/mol. The number of hydrogen-bond acceptors (Lipinski definition) is 24. The number of thioether (sulfide) groups is 5. The third-order valence-electron chi connectivity index (χ3n) is 22.3. The van der Waals surface area contributed by atoms with Gasteiger partial charge in [-0.3, -0.25) is 0 Å². The van der Waals surface area contributed by atoms with Crippen LogP contribution in [0.5, 0.6) is 0 Å². The Bertz CT molecular complexity index is 4880. The van der Waals surface area contributed by atoms with Crippen molar-refractivity contribution >= 4 is 184 Å². The zero-order valence-corrected chi connectivity index (χ0v) is 79.2. The second kappa shape index (κ2) is 48.6. The molecule has 16 nitrogen and oxygen atoms in total. The van der Waals surface area contributed by atoms with Crippen LogP contribution in [-0.2, 0) is 19.3 Å². The first kappa shape index (κ1) is 91.8. The van der Waals surface area contributed by atoms with E-state index in [1.165, 1.54) is 178 Å². The maximum atomic E-state index is 8.32. The van der Waals surface area contributed by atoms with Gasteiger partial charge in [0.15, 0.2) is 0 Å². The van der Waals surface area contributed by atoms with Gasteiger partial charge in [0.2, 0.25) is 0 Å². The molecule has 0 amide bonds. The van der Waals surface area contributed by atoms with E-state index in [0.29, 0.717) is 17.4 Å². The molecular weight excluding hydrogens is 1690 g/mol. The molecule has 8 N–H and O–H groups in total. The fourth-order valence-corrected chi connectivity index (χ4v) is 24.5. The highest BCUT2D eigenvalue weighted by Gasteiger charge is 2.26. The molecular formula is C95H122N16S10. The number of rotatable bonds is 32. The maximum Gasteiger partial charge on any atom is 0.141 e. The van der Waals surface area contributed by atoms with Gasteiger partial charge >= 0.3 is 0 Å². The van der Waals surface area contributed by atoms with Crippen molar-refractivity contribution in [1.29, 1.82) is 16.2 Å². The molecule has 0 unspecified atom stereocenters. The quantitative estimate of drug-likeness (QED) is 0.0133. The number of thiophene rings is 5. The molecule has 642 valence electrons. The number of benzene rings is 5. The summed E-state index contributed by atoms with van der Waals surface area (Å²) in [5.74, 6) is 6.98. The number of nitrogens with one attached hydrogen (secondary N) is 4. The van der Waals surface area contributed by atoms with Crippen molar-refractivity contribution in [3.63, 3.8) is 0 Å². The molecule has 26 heteroatoms. The van der Waals surface area contributed by atoms with Crippen LogP contribution in [0.2, 0.25) is 0 Å². The van der Waals surface area contributed by atoms with Crippen LogP contribution in [0.1, 0.15) is 113 Å². The van der Waals surface area contributed by atoms with Crippen LogP contribution in [0.3, 0.4) is 0 Å². The summed E-state index contributed by atoms with van der Waals surface area (Å²) in [4.78, 5) is 41.4. The Labute approximate surface area is 761 Å². The Hall–Kier alpha value is -6.86. The number of fused-ring (bicyclic) bond motifs is 5. The molecule has 12 heterocycles. The van der Waals surface area contributed by atoms with Gasteiger partial charge in [-0.1, -0.05) is 75.2 Å². The van der Waals surface area contributed by atoms with E-state index in [1.54, 1.807) is 56.7 Å². The summed E-state index contributed by atoms with van der Waals surface area (Å²) in [6.45, 7) is 26.3. The van der Waals surface area contributed by atoms with E-state index in [-0.39, 0.29) is 0 Å². The molecule has 17 rings (SSSR count). The van der Waals surface area contributed by atoms with E-state index in [2.05, 4.69) is 173 Å². The number of anilines is 5. The third kappa shape index (κ3) is 27.8. The molecule has 7 aliphatic heterocycles. The number of unbranched alkanes of at least 4 members (excludes halogenated alkanes) is 2. The lowest BCUT2D eigenvalue weighted by Gasteiger charge is -2.32. The van der Waals surface area contributed by atoms with E-state index in [1.807, 2.05) is 146 Å². The van der Waals surface area contributed by atoms with Gasteiger partial charge in [0.25, 0.3) is 0 Å². The number of nitrogens with two attached hydrogens (primary N) is 2. The summed E-state index contributed by atoms with van der Waals surface area (Å²) < 4.78 is 0. The molecule has 5 aromatic heterocycles. The number of likely N-dealkylation sites (N-methyl/N-ethyl adjacent to an activating group) is 1. The monoisotopic (exact) mass is 1810 g/mol. The highest BCUT2D eigenvalue weighted by Crippen LogP contribution is 2.42. The molecule has 0 aliphatic carbocycles. The summed E-state index contributed by atoms with van der Waals surface area (Å²) >= 11 is 17.9. The van der Waals surface area contributed by atoms with Crippen LogP contribution < -0.4 is 41.3 Å². The van der Waals surface area contributed by atoms with Crippen molar-refractivity contribution in [3.8, 4) is 0 Å². The topological polar surface area (TPSA) is 186 Å². The molecule has 2 fully saturated rings. The number of amidine groups is 2. The van der Waals surface area contributed by atoms with Crippen LogP contribution in [0.15, 0.2) is 213 Å². The van der Waals surface area contributed by atoms with Gasteiger partial charge in [-0.05, 0) is 252 Å². The van der Waals surface area contributed by atoms with Gasteiger partial charge in [-0.15, -0.1) is 115 Å². The summed E-state index contributed by atoms with van der Waals surface area (Å²) in [5, 5.41) is 38.5. The Balaban J connectivity index is 0.000000131. The van der Waals surface area contributed by atoms with Crippen LogP contribution in [0, 0.1) is 16.2 Å². The van der Waals surface area contributed by atoms with Crippen molar-refractivity contribution in [2.45, 2.75) is 115 Å². The largest absolute Gasteiger partial charge is 0.383 e. The number of hydrogen-bond donors (Lipinski definition) is 6. The summed E-state index contributed by atoms with van der Waals surface area (Å²) in [7, 11) is 4.27. The standard InChI is InChI=1S/C21H27N3S2.C19H24N4S2.C19H25N3S2.C19H24N2S2.C17H22N4S2/c22-18(20-5-3-13-25-20)15-17-6-7-19-21(16-17)26-14-12-24(19)11-4-10-23-8-1-2-9-23;20-19(18-4-3-12-24-18)21-15-5-6-17-16(14-15)23(11-13-25-17)10-9-22-7-1-2-8-22;1-21(2)8-4-9-22-10-12-24-19-14-15(6-7-17(19)22)13-16(20)18-5-3-11-23-18;1-2-3-4-9-21-10-12-23-19-14-15(7-8-17(19)21)13-16(20)18-6-5-11-22-18;1-2-19-7-8-21-9-11-23-15-6-5-13(12-14(15)21)20-17(18)16-4-3-10-22-16/h3,5-7,13,16,22H,1-2,4,8-12,14-15H2;3-6,12,14H,1-2,7-11,13H2,(H2,20,21);3,5-7,11,14,20H,4,8-10,12-13H2,1-2H3;5-8,11,14,20H,2-4,9-10,12-13H2,1H3;3-6,10,12,19H,2,7-9,11H2,1H3,(H2,18,20). The second-order valence-corrected chi connectivity index (χ2v) is 41.8. The van der Waals surface area contributed by atoms with Crippen molar-refractivity contribution in [1.82, 2.24) is 20.0 Å². The molecule has 5 aromatic carbocycles. The molecule has 0 saturated carbocycles. The summed E-state index contributed by atoms with van der Waals surface area (Å²) in [5.41, 5.74) is 26.8. The van der Waals surface area contributed by atoms with Crippen LogP contribution in [0.4, 0.5) is 39.8 Å². The van der Waals surface area contributed by atoms with Gasteiger partial charge in [0.05, 0.1) is 66.7 Å². The molecule has 2 saturated heterocycles. The van der Waals surface area contributed by atoms with Gasteiger partial charge in [0, 0.05) is 166 Å². The second-order valence-electron chi connectivity index (χ2n) is 31.4. The Morgan fingerprint density at radius 3 is 1.12 bits per heavy atom. The number of likely N-dealkylation sites (tertiary alicyclic amines) is 2. The Kier molecular flexibility index (Phi) is 36.9. The Morgan fingerprint density at radius 1 is 0.372 bits per heavy atom. The van der Waals surface area contributed by atoms with Crippen molar-refractivity contribution in [2.24, 2.45) is 21.5 Å². The lowest BCUT2D eigenvalue weighted by Crippen LogP contribution is -2.36. The third-order valence-corrected chi connectivity index (χ3v) is 32.0. The zero-order valence-electron chi connectivity index (χ0n) is 71.0. The number of nitrogens with zero attached hydrogens (tertiary/aromatic N) is 10. The molecule has 0 spiro atoms. The minimum Gasteiger partial charge on any atom is -0.383 e. The predicted octanol–water partition coefficient (Wildman–Crippen LogP) is 21.5. The first-order valence-corrected chi connectivity index (χ1v) is 52.6. The lowest BCUT2D eigenvalue weighted by atomic mass is 10.1. The van der Waals surface area contributed by atoms with E-state index >= 15 is 0 Å². The fraction of sp³-hybridized carbons (Fsp3) is 0.421. The molecule has 121 heavy (non-hydrogen) atoms. The molecule has 7 aliphatic rings. The van der Waals surface area contributed by atoms with Gasteiger partial charge in [-0.25, -0.2) is 9.98 Å². The number of aliphatic imine (C=N–C) groups is 2. The maximum absolute atomic E-state index is 8.32. The van der Waals surface area contributed by atoms with Crippen molar-refractivity contribution in [3.05, 3.63) is 220 Å². The van der Waals surface area contributed by atoms with E-state index < -0.39 is 0 Å². The molecule has 0 radical (unpaired) electrons. The van der Waals surface area contributed by atoms with Crippen LogP contribution >= 0.6 is 115 Å². The highest BCUT2D eigenvalue weighted by atomic mass is 32.2. The van der Waals surface area contributed by atoms with Gasteiger partial charge < -0.3 is 72.2 Å². The van der Waals surface area contributed by atoms with Gasteiger partial charge in [0.1, 0.15) is 11.7 Å². The van der Waals surface area contributed by atoms with Crippen LogP contribution in [0.25, 0.3) is 0 Å². The van der Waals surface area contributed by atoms with Crippen LogP contribution in [-0.4, -0.2) is 211 Å². The van der Waals surface area contributed by atoms with E-state index in [0.717, 1.165) is 169 Å².